The minimum Gasteiger partial charge on any atom is -0.381 e. The predicted octanol–water partition coefficient (Wildman–Crippen LogP) is 3.36. The van der Waals surface area contributed by atoms with E-state index in [2.05, 4.69) is 0 Å². The summed E-state index contributed by atoms with van der Waals surface area (Å²) in [6.45, 7) is 1.33. The minimum atomic E-state index is -1.72. The first-order valence-corrected chi connectivity index (χ1v) is 5.35. The van der Waals surface area contributed by atoms with Crippen molar-refractivity contribution in [2.45, 2.75) is 12.5 Å². The van der Waals surface area contributed by atoms with Crippen LogP contribution in [0.3, 0.4) is 0 Å². The summed E-state index contributed by atoms with van der Waals surface area (Å²) in [5.74, 6) is -2.13. The van der Waals surface area contributed by atoms with Crippen LogP contribution in [0.5, 0.6) is 0 Å². The van der Waals surface area contributed by atoms with Gasteiger partial charge in [-0.1, -0.05) is 12.1 Å². The molecule has 0 aromatic heterocycles. The topological polar surface area (TPSA) is 20.2 Å². The van der Waals surface area contributed by atoms with Crippen molar-refractivity contribution in [2.75, 3.05) is 0 Å². The van der Waals surface area contributed by atoms with Gasteiger partial charge in [0.05, 0.1) is 0 Å². The van der Waals surface area contributed by atoms with Gasteiger partial charge in [-0.2, -0.15) is 0 Å². The lowest BCUT2D eigenvalue weighted by atomic mass is 9.88. The molecule has 0 aliphatic rings. The maximum Gasteiger partial charge on any atom is 0.132 e. The van der Waals surface area contributed by atoms with Crippen LogP contribution in [-0.2, 0) is 5.60 Å². The van der Waals surface area contributed by atoms with E-state index >= 15 is 0 Å². The molecule has 0 amide bonds. The van der Waals surface area contributed by atoms with E-state index in [0.29, 0.717) is 6.07 Å². The fourth-order valence-electron chi connectivity index (χ4n) is 1.83. The summed E-state index contributed by atoms with van der Waals surface area (Å²) >= 11 is 0. The van der Waals surface area contributed by atoms with Gasteiger partial charge in [-0.05, 0) is 36.8 Å². The van der Waals surface area contributed by atoms with Crippen molar-refractivity contribution in [3.05, 3.63) is 71.0 Å². The van der Waals surface area contributed by atoms with Crippen molar-refractivity contribution < 1.29 is 18.3 Å². The molecule has 0 fully saturated rings. The zero-order valence-corrected chi connectivity index (χ0v) is 9.62. The summed E-state index contributed by atoms with van der Waals surface area (Å²) in [6.07, 6.45) is 0. The number of aliphatic hydroxyl groups is 1. The van der Waals surface area contributed by atoms with Gasteiger partial charge in [-0.25, -0.2) is 13.2 Å². The van der Waals surface area contributed by atoms with Crippen molar-refractivity contribution >= 4 is 0 Å². The molecule has 0 aliphatic heterocycles. The zero-order valence-electron chi connectivity index (χ0n) is 9.62. The summed E-state index contributed by atoms with van der Waals surface area (Å²) < 4.78 is 39.6. The van der Waals surface area contributed by atoms with Crippen molar-refractivity contribution in [2.24, 2.45) is 0 Å². The van der Waals surface area contributed by atoms with Gasteiger partial charge < -0.3 is 5.11 Å². The number of benzene rings is 2. The molecule has 0 spiro atoms. The van der Waals surface area contributed by atoms with Gasteiger partial charge in [-0.3, -0.25) is 0 Å². The van der Waals surface area contributed by atoms with Gasteiger partial charge in [0.25, 0.3) is 0 Å². The molecule has 18 heavy (non-hydrogen) atoms. The van der Waals surface area contributed by atoms with Gasteiger partial charge in [0.15, 0.2) is 0 Å². The normalized spacial score (nSPS) is 14.3. The Hall–Kier alpha value is -1.81. The molecule has 1 atom stereocenters. The van der Waals surface area contributed by atoms with E-state index in [1.165, 1.54) is 25.1 Å². The Balaban J connectivity index is 2.53. The van der Waals surface area contributed by atoms with E-state index in [9.17, 15) is 18.3 Å². The molecule has 0 bridgehead atoms. The summed E-state index contributed by atoms with van der Waals surface area (Å²) in [7, 11) is 0. The Morgan fingerprint density at radius 1 is 0.944 bits per heavy atom. The largest absolute Gasteiger partial charge is 0.381 e. The van der Waals surface area contributed by atoms with Crippen LogP contribution in [0.25, 0.3) is 0 Å². The van der Waals surface area contributed by atoms with E-state index in [1.807, 2.05) is 0 Å². The van der Waals surface area contributed by atoms with Gasteiger partial charge in [-0.15, -0.1) is 0 Å². The summed E-state index contributed by atoms with van der Waals surface area (Å²) in [6, 6.07) is 8.11. The van der Waals surface area contributed by atoms with Crippen LogP contribution in [0.4, 0.5) is 13.2 Å². The smallest absolute Gasteiger partial charge is 0.132 e. The SMILES string of the molecule is CC(O)(c1cccc(F)c1)c1ccc(F)cc1F. The lowest BCUT2D eigenvalue weighted by Gasteiger charge is -2.25. The monoisotopic (exact) mass is 252 g/mol. The van der Waals surface area contributed by atoms with E-state index < -0.39 is 23.1 Å². The van der Waals surface area contributed by atoms with Crippen LogP contribution in [0.15, 0.2) is 42.5 Å². The van der Waals surface area contributed by atoms with Crippen LogP contribution >= 0.6 is 0 Å². The van der Waals surface area contributed by atoms with Crippen LogP contribution < -0.4 is 0 Å². The second-order valence-corrected chi connectivity index (χ2v) is 4.21. The quantitative estimate of drug-likeness (QED) is 0.868. The molecule has 1 unspecified atom stereocenters. The van der Waals surface area contributed by atoms with Crippen molar-refractivity contribution in [3.8, 4) is 0 Å². The van der Waals surface area contributed by atoms with Crippen molar-refractivity contribution in [1.82, 2.24) is 0 Å². The highest BCUT2D eigenvalue weighted by Crippen LogP contribution is 2.31. The van der Waals surface area contributed by atoms with Gasteiger partial charge in [0.1, 0.15) is 23.1 Å². The predicted molar refractivity (Wildman–Crippen MR) is 61.4 cm³/mol. The molecule has 4 heteroatoms. The fraction of sp³-hybridized carbons (Fsp3) is 0.143. The van der Waals surface area contributed by atoms with Crippen molar-refractivity contribution in [3.63, 3.8) is 0 Å². The number of hydrogen-bond acceptors (Lipinski definition) is 1. The number of rotatable bonds is 2. The molecule has 0 saturated heterocycles. The molecule has 2 aromatic rings. The number of hydrogen-bond donors (Lipinski definition) is 1. The average molecular weight is 252 g/mol. The molecular weight excluding hydrogens is 241 g/mol. The third kappa shape index (κ3) is 2.24. The van der Waals surface area contributed by atoms with Gasteiger partial charge >= 0.3 is 0 Å². The lowest BCUT2D eigenvalue weighted by Crippen LogP contribution is -2.24. The Bertz CT molecular complexity index is 579. The molecule has 94 valence electrons. The summed E-state index contributed by atoms with van der Waals surface area (Å²) in [5, 5.41) is 10.3. The molecule has 0 radical (unpaired) electrons. The van der Waals surface area contributed by atoms with E-state index in [-0.39, 0.29) is 11.1 Å². The highest BCUT2D eigenvalue weighted by atomic mass is 19.1. The highest BCUT2D eigenvalue weighted by Gasteiger charge is 2.29. The maximum atomic E-state index is 13.6. The standard InChI is InChI=1S/C14H11F3O/c1-14(18,9-3-2-4-10(15)7-9)12-6-5-11(16)8-13(12)17/h2-8,18H,1H3. The molecule has 1 nitrogen and oxygen atoms in total. The van der Waals surface area contributed by atoms with Crippen LogP contribution in [0.1, 0.15) is 18.1 Å². The average Bonchev–Trinajstić information content (AvgIpc) is 2.28. The molecule has 0 aliphatic carbocycles. The Kier molecular flexibility index (Phi) is 3.13. The van der Waals surface area contributed by atoms with E-state index in [1.54, 1.807) is 0 Å². The molecule has 0 heterocycles. The van der Waals surface area contributed by atoms with E-state index in [0.717, 1.165) is 18.2 Å². The second kappa shape index (κ2) is 4.46. The Morgan fingerprint density at radius 2 is 1.61 bits per heavy atom. The third-order valence-corrected chi connectivity index (χ3v) is 2.84. The second-order valence-electron chi connectivity index (χ2n) is 4.21. The lowest BCUT2D eigenvalue weighted by molar-refractivity contribution is 0.0974. The Morgan fingerprint density at radius 3 is 2.22 bits per heavy atom. The van der Waals surface area contributed by atoms with Crippen molar-refractivity contribution in [1.29, 1.82) is 0 Å². The third-order valence-electron chi connectivity index (χ3n) is 2.84. The molecule has 0 saturated carbocycles. The summed E-state index contributed by atoms with van der Waals surface area (Å²) in [5.41, 5.74) is -1.62. The molecule has 2 aromatic carbocycles. The van der Waals surface area contributed by atoms with Crippen LogP contribution in [-0.4, -0.2) is 5.11 Å². The first-order valence-electron chi connectivity index (χ1n) is 5.35. The molecular formula is C14H11F3O. The first kappa shape index (κ1) is 12.6. The first-order chi connectivity index (χ1) is 8.41. The number of halogens is 3. The van der Waals surface area contributed by atoms with Gasteiger partial charge in [0, 0.05) is 11.6 Å². The molecule has 2 rings (SSSR count). The Labute approximate surface area is 103 Å². The van der Waals surface area contributed by atoms with Crippen LogP contribution in [0.2, 0.25) is 0 Å². The zero-order chi connectivity index (χ0) is 13.3. The van der Waals surface area contributed by atoms with Gasteiger partial charge in [0.2, 0.25) is 0 Å². The summed E-state index contributed by atoms with van der Waals surface area (Å²) in [4.78, 5) is 0. The molecule has 1 N–H and O–H groups in total. The minimum absolute atomic E-state index is 0.102. The highest BCUT2D eigenvalue weighted by molar-refractivity contribution is 5.36. The van der Waals surface area contributed by atoms with Crippen LogP contribution in [0, 0.1) is 17.5 Å². The van der Waals surface area contributed by atoms with E-state index in [4.69, 9.17) is 0 Å². The fourth-order valence-corrected chi connectivity index (χ4v) is 1.83. The maximum absolute atomic E-state index is 13.6.